The van der Waals surface area contributed by atoms with Crippen molar-refractivity contribution in [2.75, 3.05) is 0 Å². The summed E-state index contributed by atoms with van der Waals surface area (Å²) < 4.78 is 0.987. The lowest BCUT2D eigenvalue weighted by molar-refractivity contribution is -0.132. The number of halogens is 1. The molecule has 1 aliphatic carbocycles. The molecular weight excluding hydrogens is 332 g/mol. The summed E-state index contributed by atoms with van der Waals surface area (Å²) in [6.45, 7) is 3.61. The van der Waals surface area contributed by atoms with E-state index in [4.69, 9.17) is 5.26 Å². The van der Waals surface area contributed by atoms with E-state index < -0.39 is 11.8 Å². The molecule has 1 N–H and O–H groups in total. The summed E-state index contributed by atoms with van der Waals surface area (Å²) in [4.78, 5) is 24.2. The number of benzene rings is 1. The number of hydrogen-bond donors (Lipinski definition) is 1. The van der Waals surface area contributed by atoms with Crippen molar-refractivity contribution in [3.05, 3.63) is 34.3 Å². The minimum absolute atomic E-state index is 0.0809. The van der Waals surface area contributed by atoms with Crippen LogP contribution in [0.25, 0.3) is 0 Å². The summed E-state index contributed by atoms with van der Waals surface area (Å²) in [5.41, 5.74) is 1.08. The molecule has 2 rings (SSSR count). The number of rotatable bonds is 5. The summed E-state index contributed by atoms with van der Waals surface area (Å²) in [5.74, 6) is -2.03. The Morgan fingerprint density at radius 3 is 2.48 bits per heavy atom. The Morgan fingerprint density at radius 2 is 1.95 bits per heavy atom. The van der Waals surface area contributed by atoms with E-state index in [2.05, 4.69) is 21.2 Å². The molecule has 110 valence electrons. The zero-order valence-corrected chi connectivity index (χ0v) is 13.6. The summed E-state index contributed by atoms with van der Waals surface area (Å²) in [5, 5.41) is 11.7. The van der Waals surface area contributed by atoms with Crippen LogP contribution < -0.4 is 5.32 Å². The number of nitrogens with zero attached hydrogens (tertiary/aromatic N) is 1. The number of ketones is 1. The van der Waals surface area contributed by atoms with Gasteiger partial charge < -0.3 is 5.32 Å². The molecule has 0 unspecified atom stereocenters. The Morgan fingerprint density at radius 1 is 1.33 bits per heavy atom. The zero-order valence-electron chi connectivity index (χ0n) is 12.0. The van der Waals surface area contributed by atoms with Crippen molar-refractivity contribution in [3.8, 4) is 6.07 Å². The van der Waals surface area contributed by atoms with Crippen LogP contribution in [0.1, 0.15) is 31.7 Å². The second-order valence-electron chi connectivity index (χ2n) is 5.63. The largest absolute Gasteiger partial charge is 0.352 e. The van der Waals surface area contributed by atoms with Crippen molar-refractivity contribution in [3.63, 3.8) is 0 Å². The van der Waals surface area contributed by atoms with Crippen LogP contribution in [0, 0.1) is 23.2 Å². The fourth-order valence-corrected chi connectivity index (χ4v) is 2.69. The molecule has 0 radical (unpaired) electrons. The first kappa shape index (κ1) is 15.7. The Hall–Kier alpha value is -1.67. The zero-order chi connectivity index (χ0) is 15.6. The van der Waals surface area contributed by atoms with Gasteiger partial charge in [-0.15, -0.1) is 0 Å². The molecule has 21 heavy (non-hydrogen) atoms. The number of carbonyl (C=O) groups excluding carboxylic acids is 2. The number of nitriles is 1. The third kappa shape index (κ3) is 3.70. The summed E-state index contributed by atoms with van der Waals surface area (Å²) >= 11 is 3.37. The van der Waals surface area contributed by atoms with Gasteiger partial charge in [-0.05, 0) is 43.9 Å². The standard InChI is InChI=1S/C16H17BrN2O2/c1-9(2)19-16(21)14(8-18)15(20)13-7-12(13)10-3-5-11(17)6-4-10/h3-6,9,12-14H,7H2,1-2H3,(H,19,21)/t12-,13+,14-/m1/s1. The molecule has 0 saturated heterocycles. The molecule has 1 saturated carbocycles. The lowest BCUT2D eigenvalue weighted by atomic mass is 9.98. The van der Waals surface area contributed by atoms with Gasteiger partial charge in [0, 0.05) is 16.4 Å². The summed E-state index contributed by atoms with van der Waals surface area (Å²) in [6.07, 6.45) is 0.716. The van der Waals surface area contributed by atoms with E-state index in [0.29, 0.717) is 6.42 Å². The maximum atomic E-state index is 12.3. The first-order valence-electron chi connectivity index (χ1n) is 6.93. The van der Waals surface area contributed by atoms with Crippen molar-refractivity contribution >= 4 is 27.6 Å². The second kappa shape index (κ2) is 6.40. The average Bonchev–Trinajstić information content (AvgIpc) is 3.19. The highest BCUT2D eigenvalue weighted by atomic mass is 79.9. The van der Waals surface area contributed by atoms with Crippen molar-refractivity contribution in [2.24, 2.45) is 11.8 Å². The van der Waals surface area contributed by atoms with E-state index in [0.717, 1.165) is 10.0 Å². The highest BCUT2D eigenvalue weighted by Gasteiger charge is 2.47. The topological polar surface area (TPSA) is 70.0 Å². The highest BCUT2D eigenvalue weighted by molar-refractivity contribution is 9.10. The molecule has 0 heterocycles. The van der Waals surface area contributed by atoms with Gasteiger partial charge in [0.05, 0.1) is 6.07 Å². The number of carbonyl (C=O) groups is 2. The molecule has 3 atom stereocenters. The van der Waals surface area contributed by atoms with E-state index in [1.165, 1.54) is 0 Å². The Labute approximate surface area is 132 Å². The second-order valence-corrected chi connectivity index (χ2v) is 6.54. The molecule has 1 aromatic rings. The summed E-state index contributed by atoms with van der Waals surface area (Å²) in [6, 6.07) is 9.57. The van der Waals surface area contributed by atoms with Crippen LogP contribution in [0.3, 0.4) is 0 Å². The van der Waals surface area contributed by atoms with E-state index in [-0.39, 0.29) is 23.7 Å². The lowest BCUT2D eigenvalue weighted by Gasteiger charge is -2.12. The van der Waals surface area contributed by atoms with Crippen molar-refractivity contribution in [2.45, 2.75) is 32.2 Å². The van der Waals surface area contributed by atoms with Crippen LogP contribution in [0.5, 0.6) is 0 Å². The molecule has 0 bridgehead atoms. The van der Waals surface area contributed by atoms with Crippen LogP contribution in [-0.2, 0) is 9.59 Å². The fourth-order valence-electron chi connectivity index (χ4n) is 2.42. The van der Waals surface area contributed by atoms with Gasteiger partial charge >= 0.3 is 0 Å². The average molecular weight is 349 g/mol. The number of amides is 1. The number of Topliss-reactive ketones (excluding diaryl/α,β-unsaturated/α-hetero) is 1. The number of nitrogens with one attached hydrogen (secondary N) is 1. The molecule has 4 nitrogen and oxygen atoms in total. The molecule has 1 aliphatic rings. The van der Waals surface area contributed by atoms with Gasteiger partial charge in [-0.3, -0.25) is 9.59 Å². The minimum Gasteiger partial charge on any atom is -0.352 e. The van der Waals surface area contributed by atoms with Gasteiger partial charge in [-0.2, -0.15) is 5.26 Å². The number of hydrogen-bond acceptors (Lipinski definition) is 3. The van der Waals surface area contributed by atoms with Gasteiger partial charge in [0.1, 0.15) is 0 Å². The highest BCUT2D eigenvalue weighted by Crippen LogP contribution is 2.49. The molecule has 1 fully saturated rings. The molecular formula is C16H17BrN2O2. The summed E-state index contributed by atoms with van der Waals surface area (Å²) in [7, 11) is 0. The monoisotopic (exact) mass is 348 g/mol. The van der Waals surface area contributed by atoms with Gasteiger partial charge in [-0.25, -0.2) is 0 Å². The predicted molar refractivity (Wildman–Crippen MR) is 82.4 cm³/mol. The van der Waals surface area contributed by atoms with Gasteiger partial charge in [0.25, 0.3) is 0 Å². The first-order chi connectivity index (χ1) is 9.93. The van der Waals surface area contributed by atoms with E-state index in [1.807, 2.05) is 30.3 Å². The van der Waals surface area contributed by atoms with Crippen LogP contribution in [0.2, 0.25) is 0 Å². The minimum atomic E-state index is -1.20. The van der Waals surface area contributed by atoms with Crippen LogP contribution in [0.15, 0.2) is 28.7 Å². The molecule has 0 aliphatic heterocycles. The van der Waals surface area contributed by atoms with Gasteiger partial charge in [0.15, 0.2) is 11.7 Å². The Balaban J connectivity index is 2.03. The third-order valence-electron chi connectivity index (χ3n) is 3.56. The van der Waals surface area contributed by atoms with E-state index >= 15 is 0 Å². The molecule has 1 amide bonds. The Kier molecular flexibility index (Phi) is 4.79. The van der Waals surface area contributed by atoms with Crippen molar-refractivity contribution < 1.29 is 9.59 Å². The van der Waals surface area contributed by atoms with E-state index in [1.54, 1.807) is 13.8 Å². The smallest absolute Gasteiger partial charge is 0.245 e. The van der Waals surface area contributed by atoms with Crippen LogP contribution >= 0.6 is 15.9 Å². The quantitative estimate of drug-likeness (QED) is 0.831. The first-order valence-corrected chi connectivity index (χ1v) is 7.72. The van der Waals surface area contributed by atoms with Crippen molar-refractivity contribution in [1.29, 1.82) is 5.26 Å². The molecule has 5 heteroatoms. The molecule has 0 aromatic heterocycles. The third-order valence-corrected chi connectivity index (χ3v) is 4.09. The lowest BCUT2D eigenvalue weighted by Crippen LogP contribution is -2.39. The van der Waals surface area contributed by atoms with Gasteiger partial charge in [0.2, 0.25) is 5.91 Å². The maximum Gasteiger partial charge on any atom is 0.245 e. The Bertz CT molecular complexity index is 589. The SMILES string of the molecule is CC(C)NC(=O)[C@H](C#N)C(=O)[C@H]1C[C@@H]1c1ccc(Br)cc1. The predicted octanol–water partition coefficient (Wildman–Crippen LogP) is 2.79. The van der Waals surface area contributed by atoms with E-state index in [9.17, 15) is 9.59 Å². The molecule has 1 aromatic carbocycles. The van der Waals surface area contributed by atoms with Crippen LogP contribution in [-0.4, -0.2) is 17.7 Å². The fraction of sp³-hybridized carbons (Fsp3) is 0.438. The van der Waals surface area contributed by atoms with Gasteiger partial charge in [-0.1, -0.05) is 28.1 Å². The van der Waals surface area contributed by atoms with Crippen LogP contribution in [0.4, 0.5) is 0 Å². The molecule has 0 spiro atoms. The maximum absolute atomic E-state index is 12.3. The normalized spacial score (nSPS) is 21.5. The van der Waals surface area contributed by atoms with Crippen molar-refractivity contribution in [1.82, 2.24) is 5.32 Å².